The zero-order valence-electron chi connectivity index (χ0n) is 33.0. The van der Waals surface area contributed by atoms with Crippen LogP contribution >= 0.6 is 0 Å². The summed E-state index contributed by atoms with van der Waals surface area (Å²) >= 11 is 0. The first-order valence-corrected chi connectivity index (χ1v) is 19.9. The van der Waals surface area contributed by atoms with Gasteiger partial charge in [0.15, 0.2) is 6.17 Å². The molecule has 0 aromatic carbocycles. The van der Waals surface area contributed by atoms with E-state index >= 15 is 0 Å². The Morgan fingerprint density at radius 1 is 0.796 bits per heavy atom. The number of aliphatic hydroxyl groups excluding tert-OH is 1. The van der Waals surface area contributed by atoms with Crippen LogP contribution < -0.4 is 49.5 Å². The van der Waals surface area contributed by atoms with Crippen molar-refractivity contribution in [2.24, 2.45) is 40.2 Å². The number of nitrogens with two attached hydrogens (primary N) is 4. The highest BCUT2D eigenvalue weighted by Gasteiger charge is 2.68. The molecule has 54 heavy (non-hydrogen) atoms. The predicted molar refractivity (Wildman–Crippen MR) is 204 cm³/mol. The SMILES string of the molecule is CCCCCCCCCC(=O)N[C@@H](CN)C(=O)N[C@H](C(=O)N[C@@H](N)C(=O)N[C@@H](CCCCN)C(=O)N[C@@H](N)B1OC2C[C@@H]3C[C@@H](C3(C)C)[C@]2(C)O1)[C@@H](C)O. The van der Waals surface area contributed by atoms with Crippen molar-refractivity contribution in [3.05, 3.63) is 0 Å². The van der Waals surface area contributed by atoms with Gasteiger partial charge in [0.25, 0.3) is 5.91 Å². The predicted octanol–water partition coefficient (Wildman–Crippen LogP) is -0.881. The lowest BCUT2D eigenvalue weighted by Gasteiger charge is -2.64. The van der Waals surface area contributed by atoms with Crippen molar-refractivity contribution in [3.8, 4) is 0 Å². The fraction of sp³-hybridized carbons (Fsp3) is 0.861. The van der Waals surface area contributed by atoms with Crippen molar-refractivity contribution in [1.29, 1.82) is 0 Å². The van der Waals surface area contributed by atoms with Crippen LogP contribution in [-0.4, -0.2) is 103 Å². The van der Waals surface area contributed by atoms with E-state index in [0.717, 1.165) is 38.5 Å². The molecule has 0 aromatic heterocycles. The molecule has 10 atom stereocenters. The number of hydrogen-bond acceptors (Lipinski definition) is 12. The Morgan fingerprint density at radius 3 is 2.06 bits per heavy atom. The standard InChI is InChI=1S/C36H68BN9O8/c1-6-7-8-9-10-11-12-16-27(48)42-24(20-39)31(50)44-28(21(2)47)32(51)45-29(40)33(52)43-23(15-13-14-17-38)30(49)46-34(41)37-53-26-19-22-18-25(35(22,3)4)36(26,5)54-37/h21-26,28-29,34,47H,6-20,38-41H2,1-5H3,(H,42,48)(H,43,52)(H,44,50)(H,45,51)(H,46,49)/t21-,22+,23+,24+,25+,26?,28+,29-,34-,36+/m1/s1. The van der Waals surface area contributed by atoms with E-state index in [0.29, 0.717) is 37.6 Å². The van der Waals surface area contributed by atoms with Crippen LogP contribution in [0.5, 0.6) is 0 Å². The maximum atomic E-state index is 13.5. The Bertz CT molecular complexity index is 1280. The molecule has 0 spiro atoms. The van der Waals surface area contributed by atoms with Gasteiger partial charge in [-0.1, -0.05) is 59.3 Å². The van der Waals surface area contributed by atoms with Gasteiger partial charge in [0, 0.05) is 13.0 Å². The third-order valence-corrected chi connectivity index (χ3v) is 11.7. The van der Waals surface area contributed by atoms with E-state index in [2.05, 4.69) is 47.4 Å². The largest absolute Gasteiger partial charge is 0.497 e. The molecule has 4 fully saturated rings. The summed E-state index contributed by atoms with van der Waals surface area (Å²) in [4.78, 5) is 65.3. The van der Waals surface area contributed by atoms with Crippen LogP contribution in [0.3, 0.4) is 0 Å². The van der Waals surface area contributed by atoms with Crippen LogP contribution in [0.4, 0.5) is 0 Å². The van der Waals surface area contributed by atoms with Crippen molar-refractivity contribution >= 4 is 36.7 Å². The summed E-state index contributed by atoms with van der Waals surface area (Å²) in [6.07, 6.45) is 7.40. The molecule has 1 aliphatic heterocycles. The van der Waals surface area contributed by atoms with Gasteiger partial charge in [-0.15, -0.1) is 0 Å². The Balaban J connectivity index is 1.52. The van der Waals surface area contributed by atoms with E-state index < -0.39 is 72.8 Å². The zero-order chi connectivity index (χ0) is 40.2. The van der Waals surface area contributed by atoms with Gasteiger partial charge in [-0.3, -0.25) is 24.0 Å². The molecular weight excluding hydrogens is 697 g/mol. The van der Waals surface area contributed by atoms with Crippen LogP contribution in [0, 0.1) is 17.3 Å². The van der Waals surface area contributed by atoms with E-state index in [9.17, 15) is 29.1 Å². The number of unbranched alkanes of at least 4 members (excludes halogenated alkanes) is 7. The third kappa shape index (κ3) is 11.8. The fourth-order valence-electron chi connectivity index (χ4n) is 8.12. The third-order valence-electron chi connectivity index (χ3n) is 11.7. The number of aliphatic hydroxyl groups is 1. The summed E-state index contributed by atoms with van der Waals surface area (Å²) in [7, 11) is -0.883. The highest BCUT2D eigenvalue weighted by molar-refractivity contribution is 6.47. The molecule has 1 heterocycles. The van der Waals surface area contributed by atoms with Crippen molar-refractivity contribution in [3.63, 3.8) is 0 Å². The molecule has 0 radical (unpaired) electrons. The highest BCUT2D eigenvalue weighted by Crippen LogP contribution is 2.65. The Labute approximate surface area is 320 Å². The summed E-state index contributed by atoms with van der Waals surface area (Å²) in [6.45, 7) is 10.1. The molecule has 2 bridgehead atoms. The van der Waals surface area contributed by atoms with Gasteiger partial charge in [0.2, 0.25) is 23.6 Å². The average Bonchev–Trinajstić information content (AvgIpc) is 3.49. The maximum absolute atomic E-state index is 13.5. The van der Waals surface area contributed by atoms with E-state index in [4.69, 9.17) is 32.2 Å². The minimum absolute atomic E-state index is 0.126. The van der Waals surface area contributed by atoms with Gasteiger partial charge in [0.05, 0.1) is 17.8 Å². The molecule has 4 rings (SSSR count). The van der Waals surface area contributed by atoms with Crippen LogP contribution in [-0.2, 0) is 33.3 Å². The normalized spacial score (nSPS) is 25.8. The van der Waals surface area contributed by atoms with Gasteiger partial charge in [-0.2, -0.15) is 0 Å². The number of carbonyl (C=O) groups is 5. The number of rotatable bonds is 24. The second kappa shape index (κ2) is 20.9. The minimum atomic E-state index is -1.67. The van der Waals surface area contributed by atoms with Gasteiger partial charge >= 0.3 is 7.12 Å². The van der Waals surface area contributed by atoms with E-state index in [1.165, 1.54) is 19.8 Å². The zero-order valence-corrected chi connectivity index (χ0v) is 33.0. The smallest absolute Gasteiger partial charge is 0.403 e. The number of hydrogen-bond donors (Lipinski definition) is 10. The topological polar surface area (TPSA) is 288 Å². The molecule has 308 valence electrons. The van der Waals surface area contributed by atoms with E-state index in [1.807, 2.05) is 6.92 Å². The van der Waals surface area contributed by atoms with Crippen LogP contribution in [0.25, 0.3) is 0 Å². The second-order valence-electron chi connectivity index (χ2n) is 16.2. The molecule has 5 amide bonds. The molecule has 3 saturated carbocycles. The van der Waals surface area contributed by atoms with Crippen LogP contribution in [0.15, 0.2) is 0 Å². The molecule has 1 saturated heterocycles. The number of carbonyl (C=O) groups excluding carboxylic acids is 5. The molecule has 14 N–H and O–H groups in total. The van der Waals surface area contributed by atoms with E-state index in [-0.39, 0.29) is 36.8 Å². The lowest BCUT2D eigenvalue weighted by molar-refractivity contribution is -0.199. The molecule has 0 aromatic rings. The van der Waals surface area contributed by atoms with Crippen molar-refractivity contribution in [2.75, 3.05) is 13.1 Å². The van der Waals surface area contributed by atoms with Gasteiger partial charge in [0.1, 0.15) is 24.2 Å². The van der Waals surface area contributed by atoms with Crippen molar-refractivity contribution < 1.29 is 38.4 Å². The summed E-state index contributed by atoms with van der Waals surface area (Å²) in [5, 5.41) is 22.9. The lowest BCUT2D eigenvalue weighted by Crippen LogP contribution is -2.65. The Kier molecular flexibility index (Phi) is 17.6. The second-order valence-corrected chi connectivity index (χ2v) is 16.2. The molecule has 17 nitrogen and oxygen atoms in total. The van der Waals surface area contributed by atoms with Gasteiger partial charge in [-0.25, -0.2) is 0 Å². The monoisotopic (exact) mass is 766 g/mol. The number of amides is 5. The first-order valence-electron chi connectivity index (χ1n) is 19.9. The van der Waals surface area contributed by atoms with E-state index in [1.54, 1.807) is 0 Å². The van der Waals surface area contributed by atoms with Crippen LogP contribution in [0.1, 0.15) is 118 Å². The lowest BCUT2D eigenvalue weighted by atomic mass is 9.43. The first kappa shape index (κ1) is 45.5. The summed E-state index contributed by atoms with van der Waals surface area (Å²) in [6, 6.07) is -4.82. The Morgan fingerprint density at radius 2 is 1.44 bits per heavy atom. The molecular formula is C36H68BN9O8. The molecule has 4 aliphatic rings. The maximum Gasteiger partial charge on any atom is 0.497 e. The minimum Gasteiger partial charge on any atom is -0.403 e. The quantitative estimate of drug-likeness (QED) is 0.0326. The van der Waals surface area contributed by atoms with Crippen molar-refractivity contribution in [1.82, 2.24) is 26.6 Å². The number of nitrogens with one attached hydrogen (secondary N) is 5. The summed E-state index contributed by atoms with van der Waals surface area (Å²) in [5.74, 6) is -2.77. The Hall–Kier alpha value is -2.87. The molecule has 3 aliphatic carbocycles. The van der Waals surface area contributed by atoms with Crippen molar-refractivity contribution in [2.45, 2.75) is 166 Å². The average molecular weight is 766 g/mol. The summed E-state index contributed by atoms with van der Waals surface area (Å²) < 4.78 is 12.6. The first-order chi connectivity index (χ1) is 25.5. The fourth-order valence-corrected chi connectivity index (χ4v) is 8.12. The highest BCUT2D eigenvalue weighted by atomic mass is 16.7. The van der Waals surface area contributed by atoms with Crippen LogP contribution in [0.2, 0.25) is 0 Å². The van der Waals surface area contributed by atoms with Gasteiger partial charge < -0.3 is 63.9 Å². The molecule has 1 unspecified atom stereocenters. The summed E-state index contributed by atoms with van der Waals surface area (Å²) in [5.41, 5.74) is 23.4. The molecule has 18 heteroatoms. The van der Waals surface area contributed by atoms with Gasteiger partial charge in [-0.05, 0) is 76.2 Å².